The second kappa shape index (κ2) is 6.53. The number of halogens is 1. The van der Waals surface area contributed by atoms with E-state index in [0.717, 1.165) is 0 Å². The summed E-state index contributed by atoms with van der Waals surface area (Å²) >= 11 is 5.64. The number of hydrogen-bond acceptors (Lipinski definition) is 4. The third-order valence-corrected chi connectivity index (χ3v) is 4.04. The summed E-state index contributed by atoms with van der Waals surface area (Å²) in [5.74, 6) is -2.54. The average Bonchev–Trinajstić information content (AvgIpc) is 2.28. The fraction of sp³-hybridized carbons (Fsp3) is 0.273. The van der Waals surface area contributed by atoms with E-state index in [-0.39, 0.29) is 17.9 Å². The molecule has 1 aromatic carbocycles. The summed E-state index contributed by atoms with van der Waals surface area (Å²) in [6.07, 6.45) is -0.257. The number of carbonyl (C=O) groups is 2. The van der Waals surface area contributed by atoms with E-state index in [1.54, 1.807) is 0 Å². The monoisotopic (exact) mass is 305 g/mol. The van der Waals surface area contributed by atoms with E-state index in [1.165, 1.54) is 24.3 Å². The topological polar surface area (TPSA) is 101 Å². The lowest BCUT2D eigenvalue weighted by molar-refractivity contribution is -0.136. The Morgan fingerprint density at radius 2 is 1.79 bits per heavy atom. The molecule has 0 fully saturated rings. The molecule has 19 heavy (non-hydrogen) atoms. The molecule has 0 radical (unpaired) electrons. The number of hydrogen-bond donors (Lipinski definition) is 2. The Bertz CT molecular complexity index is 567. The van der Waals surface area contributed by atoms with Gasteiger partial charge in [0, 0.05) is 11.6 Å². The molecular weight excluding hydrogens is 294 g/mol. The predicted molar refractivity (Wildman–Crippen MR) is 68.8 cm³/mol. The summed E-state index contributed by atoms with van der Waals surface area (Å²) in [5.41, 5.74) is 0. The molecule has 8 heteroatoms. The zero-order valence-electron chi connectivity index (χ0n) is 9.80. The lowest BCUT2D eigenvalue weighted by atomic mass is 10.4. The van der Waals surface area contributed by atoms with Gasteiger partial charge in [-0.3, -0.25) is 9.59 Å². The van der Waals surface area contributed by atoms with Crippen LogP contribution in [0.5, 0.6) is 0 Å². The summed E-state index contributed by atoms with van der Waals surface area (Å²) in [5, 5.41) is 11.0. The minimum absolute atomic E-state index is 0.00900. The Labute approximate surface area is 115 Å². The van der Waals surface area contributed by atoms with E-state index in [0.29, 0.717) is 5.02 Å². The van der Waals surface area contributed by atoms with E-state index in [2.05, 4.69) is 5.32 Å². The number of amides is 1. The van der Waals surface area contributed by atoms with Gasteiger partial charge in [-0.2, -0.15) is 0 Å². The second-order valence-corrected chi connectivity index (χ2v) is 6.13. The van der Waals surface area contributed by atoms with Gasteiger partial charge in [0.25, 0.3) is 0 Å². The van der Waals surface area contributed by atoms with Crippen molar-refractivity contribution < 1.29 is 23.1 Å². The highest BCUT2D eigenvalue weighted by Crippen LogP contribution is 2.15. The van der Waals surface area contributed by atoms with Crippen molar-refractivity contribution in [1.82, 2.24) is 5.32 Å². The lowest BCUT2D eigenvalue weighted by Crippen LogP contribution is -2.31. The summed E-state index contributed by atoms with van der Waals surface area (Å²) < 4.78 is 23.7. The van der Waals surface area contributed by atoms with Gasteiger partial charge in [-0.25, -0.2) is 8.42 Å². The molecule has 0 spiro atoms. The van der Waals surface area contributed by atoms with Crippen LogP contribution in [0.25, 0.3) is 0 Å². The van der Waals surface area contributed by atoms with Crippen LogP contribution < -0.4 is 5.32 Å². The molecule has 1 aromatic rings. The maximum absolute atomic E-state index is 11.8. The maximum atomic E-state index is 11.8. The summed E-state index contributed by atoms with van der Waals surface area (Å²) in [6, 6.07) is 5.44. The van der Waals surface area contributed by atoms with Gasteiger partial charge in [-0.1, -0.05) is 11.6 Å². The van der Waals surface area contributed by atoms with Crippen LogP contribution in [0.3, 0.4) is 0 Å². The van der Waals surface area contributed by atoms with E-state index in [4.69, 9.17) is 16.7 Å². The van der Waals surface area contributed by atoms with Crippen molar-refractivity contribution in [3.8, 4) is 0 Å². The fourth-order valence-corrected chi connectivity index (χ4v) is 2.55. The molecule has 0 aliphatic rings. The van der Waals surface area contributed by atoms with E-state index in [1.807, 2.05) is 0 Å². The molecule has 0 aliphatic carbocycles. The number of nitrogens with one attached hydrogen (secondary N) is 1. The molecule has 0 aliphatic heterocycles. The van der Waals surface area contributed by atoms with Gasteiger partial charge in [-0.15, -0.1) is 0 Å². The standard InChI is InChI=1S/C11H12ClNO5S/c12-8-1-3-9(4-2-8)19(17,18)7-10(14)13-6-5-11(15)16/h1-4H,5-7H2,(H,13,14)(H,15,16). The van der Waals surface area contributed by atoms with Gasteiger partial charge < -0.3 is 10.4 Å². The van der Waals surface area contributed by atoms with Crippen LogP contribution in [-0.4, -0.2) is 37.7 Å². The normalized spacial score (nSPS) is 11.0. The molecule has 0 aromatic heterocycles. The highest BCUT2D eigenvalue weighted by atomic mass is 35.5. The van der Waals surface area contributed by atoms with Gasteiger partial charge in [0.1, 0.15) is 5.75 Å². The van der Waals surface area contributed by atoms with Crippen LogP contribution in [0.2, 0.25) is 5.02 Å². The number of benzene rings is 1. The zero-order chi connectivity index (χ0) is 14.5. The zero-order valence-corrected chi connectivity index (χ0v) is 11.4. The minimum Gasteiger partial charge on any atom is -0.481 e. The molecule has 1 amide bonds. The van der Waals surface area contributed by atoms with Crippen LogP contribution in [0, 0.1) is 0 Å². The SMILES string of the molecule is O=C(O)CCNC(=O)CS(=O)(=O)c1ccc(Cl)cc1. The van der Waals surface area contributed by atoms with Crippen LogP contribution >= 0.6 is 11.6 Å². The number of rotatable bonds is 6. The largest absolute Gasteiger partial charge is 0.481 e. The third kappa shape index (κ3) is 5.27. The summed E-state index contributed by atoms with van der Waals surface area (Å²) in [6.45, 7) is -0.107. The van der Waals surface area contributed by atoms with Crippen molar-refractivity contribution in [3.63, 3.8) is 0 Å². The Morgan fingerprint density at radius 3 is 2.32 bits per heavy atom. The first-order chi connectivity index (χ1) is 8.81. The van der Waals surface area contributed by atoms with Crippen LogP contribution in [0.4, 0.5) is 0 Å². The molecule has 0 unspecified atom stereocenters. The van der Waals surface area contributed by atoms with Gasteiger partial charge in [0.2, 0.25) is 5.91 Å². The number of carbonyl (C=O) groups excluding carboxylic acids is 1. The summed E-state index contributed by atoms with van der Waals surface area (Å²) in [4.78, 5) is 21.6. The van der Waals surface area contributed by atoms with Gasteiger partial charge in [-0.05, 0) is 24.3 Å². The third-order valence-electron chi connectivity index (χ3n) is 2.15. The molecule has 0 heterocycles. The molecule has 0 atom stereocenters. The first-order valence-corrected chi connectivity index (χ1v) is 7.31. The van der Waals surface area contributed by atoms with Gasteiger partial charge in [0.05, 0.1) is 11.3 Å². The van der Waals surface area contributed by atoms with Gasteiger partial charge >= 0.3 is 5.97 Å². The van der Waals surface area contributed by atoms with Crippen molar-refractivity contribution in [1.29, 1.82) is 0 Å². The van der Waals surface area contributed by atoms with Crippen LogP contribution in [0.1, 0.15) is 6.42 Å². The highest BCUT2D eigenvalue weighted by Gasteiger charge is 2.19. The van der Waals surface area contributed by atoms with E-state index in [9.17, 15) is 18.0 Å². The van der Waals surface area contributed by atoms with Crippen molar-refractivity contribution in [2.75, 3.05) is 12.3 Å². The predicted octanol–water partition coefficient (Wildman–Crippen LogP) is 0.705. The van der Waals surface area contributed by atoms with Gasteiger partial charge in [0.15, 0.2) is 9.84 Å². The molecule has 0 saturated heterocycles. The first-order valence-electron chi connectivity index (χ1n) is 5.28. The number of sulfone groups is 1. The quantitative estimate of drug-likeness (QED) is 0.806. The van der Waals surface area contributed by atoms with Crippen molar-refractivity contribution >= 4 is 33.3 Å². The molecule has 0 saturated carbocycles. The highest BCUT2D eigenvalue weighted by molar-refractivity contribution is 7.92. The first kappa shape index (κ1) is 15.5. The van der Waals surface area contributed by atoms with Crippen molar-refractivity contribution in [2.45, 2.75) is 11.3 Å². The number of aliphatic carboxylic acids is 1. The molecule has 2 N–H and O–H groups in total. The summed E-state index contributed by atoms with van der Waals surface area (Å²) in [7, 11) is -3.75. The average molecular weight is 306 g/mol. The Kier molecular flexibility index (Phi) is 5.31. The lowest BCUT2D eigenvalue weighted by Gasteiger charge is -2.05. The second-order valence-electron chi connectivity index (χ2n) is 3.71. The minimum atomic E-state index is -3.75. The molecule has 0 bridgehead atoms. The van der Waals surface area contributed by atoms with Crippen molar-refractivity contribution in [3.05, 3.63) is 29.3 Å². The van der Waals surface area contributed by atoms with Crippen LogP contribution in [0.15, 0.2) is 29.2 Å². The smallest absolute Gasteiger partial charge is 0.305 e. The molecule has 1 rings (SSSR count). The molecule has 6 nitrogen and oxygen atoms in total. The number of carboxylic acid groups (broad SMARTS) is 1. The Hall–Kier alpha value is -1.60. The molecule has 104 valence electrons. The Balaban J connectivity index is 2.62. The van der Waals surface area contributed by atoms with Crippen LogP contribution in [-0.2, 0) is 19.4 Å². The molecular formula is C11H12ClNO5S. The van der Waals surface area contributed by atoms with Crippen molar-refractivity contribution in [2.24, 2.45) is 0 Å². The fourth-order valence-electron chi connectivity index (χ4n) is 1.26. The van der Waals surface area contributed by atoms with E-state index < -0.39 is 27.5 Å². The Morgan fingerprint density at radius 1 is 1.21 bits per heavy atom. The number of carboxylic acids is 1. The maximum Gasteiger partial charge on any atom is 0.305 e. The van der Waals surface area contributed by atoms with E-state index >= 15 is 0 Å².